The van der Waals surface area contributed by atoms with Gasteiger partial charge >= 0.3 is 5.97 Å². The molecule has 0 saturated heterocycles. The number of carboxylic acids is 1. The van der Waals surface area contributed by atoms with Gasteiger partial charge in [0.25, 0.3) is 0 Å². The molecule has 0 radical (unpaired) electrons. The van der Waals surface area contributed by atoms with E-state index in [0.717, 1.165) is 18.8 Å². The number of carbonyl (C=O) groups is 1. The monoisotopic (exact) mass is 314 g/mol. The molecule has 0 unspecified atom stereocenters. The molecule has 3 heteroatoms. The van der Waals surface area contributed by atoms with Crippen molar-refractivity contribution in [3.8, 4) is 0 Å². The molecular formula is C19H38O3. The van der Waals surface area contributed by atoms with Crippen molar-refractivity contribution in [1.29, 1.82) is 0 Å². The van der Waals surface area contributed by atoms with Gasteiger partial charge in [0.2, 0.25) is 0 Å². The van der Waals surface area contributed by atoms with Crippen LogP contribution in [0.4, 0.5) is 0 Å². The van der Waals surface area contributed by atoms with Crippen LogP contribution >= 0.6 is 0 Å². The zero-order valence-electron chi connectivity index (χ0n) is 14.9. The molecule has 3 nitrogen and oxygen atoms in total. The van der Waals surface area contributed by atoms with E-state index in [1.165, 1.54) is 70.6 Å². The number of hydrogen-bond donors (Lipinski definition) is 2. The molecule has 0 aliphatic heterocycles. The van der Waals surface area contributed by atoms with Gasteiger partial charge in [-0.25, -0.2) is 4.79 Å². The smallest absolute Gasteiger partial charge is 0.332 e. The SMILES string of the molecule is CC(C)CCCCCCCCCCCCCC[C@@H](O)C(=O)O. The van der Waals surface area contributed by atoms with Crippen molar-refractivity contribution in [2.24, 2.45) is 5.92 Å². The maximum absolute atomic E-state index is 10.4. The van der Waals surface area contributed by atoms with Gasteiger partial charge in [-0.2, -0.15) is 0 Å². The van der Waals surface area contributed by atoms with Crippen LogP contribution in [0.3, 0.4) is 0 Å². The summed E-state index contributed by atoms with van der Waals surface area (Å²) >= 11 is 0. The lowest BCUT2D eigenvalue weighted by Gasteiger charge is -2.05. The van der Waals surface area contributed by atoms with E-state index < -0.39 is 12.1 Å². The first-order chi connectivity index (χ1) is 10.5. The third-order valence-electron chi connectivity index (χ3n) is 4.29. The highest BCUT2D eigenvalue weighted by Gasteiger charge is 2.11. The Kier molecular flexibility index (Phi) is 14.9. The number of rotatable bonds is 16. The van der Waals surface area contributed by atoms with E-state index in [0.29, 0.717) is 6.42 Å². The van der Waals surface area contributed by atoms with Crippen LogP contribution in [0.5, 0.6) is 0 Å². The number of aliphatic hydroxyl groups excluding tert-OH is 1. The molecule has 2 N–H and O–H groups in total. The van der Waals surface area contributed by atoms with Crippen LogP contribution in [-0.2, 0) is 4.79 Å². The Hall–Kier alpha value is -0.570. The number of hydrogen-bond acceptors (Lipinski definition) is 2. The van der Waals surface area contributed by atoms with Crippen molar-refractivity contribution in [1.82, 2.24) is 0 Å². The third-order valence-corrected chi connectivity index (χ3v) is 4.29. The minimum absolute atomic E-state index is 0.395. The average molecular weight is 315 g/mol. The van der Waals surface area contributed by atoms with E-state index >= 15 is 0 Å². The molecule has 0 amide bonds. The zero-order chi connectivity index (χ0) is 16.6. The Balaban J connectivity index is 3.07. The van der Waals surface area contributed by atoms with Gasteiger partial charge in [0.15, 0.2) is 6.10 Å². The zero-order valence-corrected chi connectivity index (χ0v) is 14.9. The molecule has 0 aromatic rings. The molecule has 1 atom stereocenters. The molecule has 0 aromatic carbocycles. The summed E-state index contributed by atoms with van der Waals surface area (Å²) in [6.07, 6.45) is 15.9. The minimum atomic E-state index is -1.17. The first kappa shape index (κ1) is 21.4. The maximum Gasteiger partial charge on any atom is 0.332 e. The molecule has 0 rings (SSSR count). The van der Waals surface area contributed by atoms with Crippen LogP contribution < -0.4 is 0 Å². The second kappa shape index (κ2) is 15.3. The fraction of sp³-hybridized carbons (Fsp3) is 0.947. The second-order valence-corrected chi connectivity index (χ2v) is 7.07. The molecule has 0 heterocycles. The van der Waals surface area contributed by atoms with Gasteiger partial charge < -0.3 is 10.2 Å². The molecule has 0 spiro atoms. The van der Waals surface area contributed by atoms with E-state index in [1.54, 1.807) is 0 Å². The van der Waals surface area contributed by atoms with Gasteiger partial charge in [0.05, 0.1) is 0 Å². The van der Waals surface area contributed by atoms with E-state index in [1.807, 2.05) is 0 Å². The Morgan fingerprint density at radius 3 is 1.32 bits per heavy atom. The summed E-state index contributed by atoms with van der Waals surface area (Å²) in [4.78, 5) is 10.4. The van der Waals surface area contributed by atoms with Crippen LogP contribution in [0.15, 0.2) is 0 Å². The van der Waals surface area contributed by atoms with Gasteiger partial charge in [-0.1, -0.05) is 97.3 Å². The summed E-state index contributed by atoms with van der Waals surface area (Å²) in [5.74, 6) is -0.239. The Morgan fingerprint density at radius 2 is 1.00 bits per heavy atom. The molecule has 0 aliphatic carbocycles. The number of aliphatic carboxylic acids is 1. The van der Waals surface area contributed by atoms with Crippen LogP contribution in [0, 0.1) is 5.92 Å². The molecule has 0 bridgehead atoms. The number of aliphatic hydroxyl groups is 1. The standard InChI is InChI=1S/C19H38O3/c1-17(2)15-13-11-9-7-5-3-4-6-8-10-12-14-16-18(20)19(21)22/h17-18,20H,3-16H2,1-2H3,(H,21,22)/t18-/m1/s1. The lowest BCUT2D eigenvalue weighted by Crippen LogP contribution is -2.18. The lowest BCUT2D eigenvalue weighted by atomic mass is 10.0. The molecule has 0 fully saturated rings. The van der Waals surface area contributed by atoms with E-state index in [2.05, 4.69) is 13.8 Å². The van der Waals surface area contributed by atoms with Crippen molar-refractivity contribution in [3.05, 3.63) is 0 Å². The van der Waals surface area contributed by atoms with E-state index in [9.17, 15) is 4.79 Å². The van der Waals surface area contributed by atoms with Crippen molar-refractivity contribution in [2.45, 2.75) is 110 Å². The van der Waals surface area contributed by atoms with E-state index in [4.69, 9.17) is 10.2 Å². The summed E-state index contributed by atoms with van der Waals surface area (Å²) in [6.45, 7) is 4.60. The van der Waals surface area contributed by atoms with Gasteiger partial charge in [0, 0.05) is 0 Å². The van der Waals surface area contributed by atoms with Gasteiger partial charge in [-0.05, 0) is 12.3 Å². The van der Waals surface area contributed by atoms with E-state index in [-0.39, 0.29) is 0 Å². The van der Waals surface area contributed by atoms with Crippen molar-refractivity contribution in [3.63, 3.8) is 0 Å². The van der Waals surface area contributed by atoms with Crippen molar-refractivity contribution < 1.29 is 15.0 Å². The summed E-state index contributed by atoms with van der Waals surface area (Å²) in [5.41, 5.74) is 0. The first-order valence-corrected chi connectivity index (χ1v) is 9.45. The summed E-state index contributed by atoms with van der Waals surface area (Å²) in [7, 11) is 0. The number of carboxylic acid groups (broad SMARTS) is 1. The Labute approximate surface area is 137 Å². The van der Waals surface area contributed by atoms with Crippen LogP contribution in [0.1, 0.15) is 104 Å². The first-order valence-electron chi connectivity index (χ1n) is 9.45. The number of unbranched alkanes of at least 4 members (excludes halogenated alkanes) is 11. The summed E-state index contributed by atoms with van der Waals surface area (Å²) < 4.78 is 0. The van der Waals surface area contributed by atoms with Crippen molar-refractivity contribution >= 4 is 5.97 Å². The molecule has 0 aliphatic rings. The van der Waals surface area contributed by atoms with Crippen LogP contribution in [0.25, 0.3) is 0 Å². The highest BCUT2D eigenvalue weighted by molar-refractivity contribution is 5.71. The highest BCUT2D eigenvalue weighted by atomic mass is 16.4. The van der Waals surface area contributed by atoms with Crippen LogP contribution in [-0.4, -0.2) is 22.3 Å². The molecule has 0 aromatic heterocycles. The molecule has 22 heavy (non-hydrogen) atoms. The molecule has 132 valence electrons. The fourth-order valence-electron chi connectivity index (χ4n) is 2.78. The van der Waals surface area contributed by atoms with Gasteiger partial charge in [-0.15, -0.1) is 0 Å². The quantitative estimate of drug-likeness (QED) is 0.367. The Bertz CT molecular complexity index is 251. The van der Waals surface area contributed by atoms with Crippen LogP contribution in [0.2, 0.25) is 0 Å². The minimum Gasteiger partial charge on any atom is -0.479 e. The van der Waals surface area contributed by atoms with Crippen molar-refractivity contribution in [2.75, 3.05) is 0 Å². The predicted octanol–water partition coefficient (Wildman–Crippen LogP) is 5.55. The maximum atomic E-state index is 10.4. The fourth-order valence-corrected chi connectivity index (χ4v) is 2.78. The largest absolute Gasteiger partial charge is 0.479 e. The van der Waals surface area contributed by atoms with Gasteiger partial charge in [0.1, 0.15) is 0 Å². The average Bonchev–Trinajstić information content (AvgIpc) is 2.46. The summed E-state index contributed by atoms with van der Waals surface area (Å²) in [6, 6.07) is 0. The second-order valence-electron chi connectivity index (χ2n) is 7.07. The molecular weight excluding hydrogens is 276 g/mol. The summed E-state index contributed by atoms with van der Waals surface area (Å²) in [5, 5.41) is 17.7. The topological polar surface area (TPSA) is 57.5 Å². The highest BCUT2D eigenvalue weighted by Crippen LogP contribution is 2.14. The normalized spacial score (nSPS) is 12.7. The third kappa shape index (κ3) is 15.8. The lowest BCUT2D eigenvalue weighted by molar-refractivity contribution is -0.146. The Morgan fingerprint density at radius 1 is 0.682 bits per heavy atom. The molecule has 0 saturated carbocycles. The predicted molar refractivity (Wildman–Crippen MR) is 93.1 cm³/mol. The van der Waals surface area contributed by atoms with Gasteiger partial charge in [-0.3, -0.25) is 0 Å².